The van der Waals surface area contributed by atoms with Crippen LogP contribution in [0.5, 0.6) is 0 Å². The summed E-state index contributed by atoms with van der Waals surface area (Å²) in [4.78, 5) is 2.42. The lowest BCUT2D eigenvalue weighted by molar-refractivity contribution is 1.29. The molecule has 0 atom stereocenters. The summed E-state index contributed by atoms with van der Waals surface area (Å²) >= 11 is 0. The van der Waals surface area contributed by atoms with Crippen molar-refractivity contribution in [2.45, 2.75) is 0 Å². The highest BCUT2D eigenvalue weighted by atomic mass is 15.1. The average Bonchev–Trinajstić information content (AvgIpc) is 3.06. The molecule has 0 aliphatic carbocycles. The van der Waals surface area contributed by atoms with Crippen molar-refractivity contribution < 1.29 is 0 Å². The van der Waals surface area contributed by atoms with E-state index in [1.54, 1.807) is 0 Å². The maximum atomic E-state index is 2.42. The fraction of sp³-hybridized carbons (Fsp3) is 0. The van der Waals surface area contributed by atoms with Crippen molar-refractivity contribution in [1.82, 2.24) is 0 Å². The van der Waals surface area contributed by atoms with Crippen molar-refractivity contribution in [3.63, 3.8) is 0 Å². The molecule has 0 amide bonds. The molecule has 0 N–H and O–H groups in total. The van der Waals surface area contributed by atoms with Crippen LogP contribution in [0.25, 0.3) is 44.2 Å². The monoisotopic (exact) mass is 535 g/mol. The first-order valence-corrected chi connectivity index (χ1v) is 14.5. The Morgan fingerprint density at radius 2 is 1.00 bits per heavy atom. The number of nitrogens with zero attached hydrogens (tertiary/aromatic N) is 1. The molecule has 2 heteroatoms. The van der Waals surface area contributed by atoms with Gasteiger partial charge in [-0.1, -0.05) is 145 Å². The molecule has 0 aliphatic rings. The van der Waals surface area contributed by atoms with E-state index in [1.807, 2.05) is 0 Å². The third kappa shape index (κ3) is 4.89. The minimum Gasteiger partial charge on any atom is -0.310 e. The Morgan fingerprint density at radius 1 is 0.405 bits per heavy atom. The summed E-state index contributed by atoms with van der Waals surface area (Å²) in [5.41, 5.74) is 11.9. The van der Waals surface area contributed by atoms with E-state index in [-0.39, 0.29) is 0 Å². The topological polar surface area (TPSA) is 3.24 Å². The molecule has 0 aromatic heterocycles. The zero-order valence-electron chi connectivity index (χ0n) is 23.6. The lowest BCUT2D eigenvalue weighted by Crippen LogP contribution is -2.15. The van der Waals surface area contributed by atoms with Crippen LogP contribution in [0.4, 0.5) is 17.1 Å². The molecule has 7 rings (SSSR count). The molecule has 0 saturated carbocycles. The van der Waals surface area contributed by atoms with Crippen LogP contribution in [-0.4, -0.2) is 7.85 Å². The molecule has 7 aromatic rings. The quantitative estimate of drug-likeness (QED) is 0.192. The van der Waals surface area contributed by atoms with Gasteiger partial charge in [0.2, 0.25) is 0 Å². The summed E-state index contributed by atoms with van der Waals surface area (Å²) in [5, 5.41) is 2.47. The average molecular weight is 535 g/mol. The second-order valence-corrected chi connectivity index (χ2v) is 10.7. The van der Waals surface area contributed by atoms with Crippen molar-refractivity contribution in [2.75, 3.05) is 4.90 Å². The molecule has 0 heterocycles. The Kier molecular flexibility index (Phi) is 6.88. The van der Waals surface area contributed by atoms with Crippen molar-refractivity contribution in [3.8, 4) is 33.4 Å². The molecule has 0 bridgehead atoms. The number of fused-ring (bicyclic) bond motifs is 1. The summed E-state index contributed by atoms with van der Waals surface area (Å²) in [5.74, 6) is 0. The molecule has 198 valence electrons. The molecule has 1 nitrogen and oxygen atoms in total. The van der Waals surface area contributed by atoms with E-state index in [0.29, 0.717) is 0 Å². The van der Waals surface area contributed by atoms with E-state index < -0.39 is 0 Å². The van der Waals surface area contributed by atoms with Gasteiger partial charge in [0.1, 0.15) is 7.85 Å². The van der Waals surface area contributed by atoms with E-state index >= 15 is 0 Å². The van der Waals surface area contributed by atoms with Crippen LogP contribution in [0, 0.1) is 0 Å². The van der Waals surface area contributed by atoms with Gasteiger partial charge in [-0.05, 0) is 68.9 Å². The molecule has 42 heavy (non-hydrogen) atoms. The van der Waals surface area contributed by atoms with Gasteiger partial charge in [-0.2, -0.15) is 0 Å². The fourth-order valence-corrected chi connectivity index (χ4v) is 5.97. The van der Waals surface area contributed by atoms with Crippen molar-refractivity contribution in [2.24, 2.45) is 0 Å². The van der Waals surface area contributed by atoms with E-state index in [2.05, 4.69) is 183 Å². The minimum atomic E-state index is 1.12. The van der Waals surface area contributed by atoms with Gasteiger partial charge in [-0.3, -0.25) is 0 Å². The minimum absolute atomic E-state index is 1.12. The van der Waals surface area contributed by atoms with Crippen LogP contribution in [0.3, 0.4) is 0 Å². The molecule has 0 aliphatic heterocycles. The highest BCUT2D eigenvalue weighted by Gasteiger charge is 2.20. The maximum absolute atomic E-state index is 2.42. The number of anilines is 3. The van der Waals surface area contributed by atoms with Gasteiger partial charge in [0, 0.05) is 16.9 Å². The maximum Gasteiger partial charge on any atom is 0.140 e. The molecular weight excluding hydrogens is 505 g/mol. The van der Waals surface area contributed by atoms with Crippen molar-refractivity contribution in [3.05, 3.63) is 170 Å². The fourth-order valence-electron chi connectivity index (χ4n) is 5.97. The van der Waals surface area contributed by atoms with Crippen LogP contribution in [0.15, 0.2) is 170 Å². The number of benzene rings is 7. The Morgan fingerprint density at radius 3 is 1.71 bits per heavy atom. The summed E-state index contributed by atoms with van der Waals surface area (Å²) in [6.07, 6.45) is 0. The zero-order chi connectivity index (χ0) is 28.3. The van der Waals surface area contributed by atoms with E-state index in [9.17, 15) is 0 Å². The van der Waals surface area contributed by atoms with E-state index in [4.69, 9.17) is 0 Å². The van der Waals surface area contributed by atoms with Crippen LogP contribution in [0.1, 0.15) is 0 Å². The van der Waals surface area contributed by atoms with Gasteiger partial charge in [-0.25, -0.2) is 0 Å². The summed E-state index contributed by atoms with van der Waals surface area (Å²) < 4.78 is 0. The zero-order valence-corrected chi connectivity index (χ0v) is 23.6. The third-order valence-corrected chi connectivity index (χ3v) is 7.97. The normalized spacial score (nSPS) is 11.0. The Bertz CT molecular complexity index is 1980. The third-order valence-electron chi connectivity index (χ3n) is 7.97. The molecule has 0 saturated heterocycles. The Labute approximate surface area is 248 Å². The highest BCUT2D eigenvalue weighted by Crippen LogP contribution is 2.45. The summed E-state index contributed by atoms with van der Waals surface area (Å²) in [6, 6.07) is 61.0. The number of hydrogen-bond donors (Lipinski definition) is 0. The van der Waals surface area contributed by atoms with E-state index in [1.165, 1.54) is 49.6 Å². The van der Waals surface area contributed by atoms with Crippen molar-refractivity contribution >= 4 is 41.1 Å². The van der Waals surface area contributed by atoms with Gasteiger partial charge in [0.25, 0.3) is 0 Å². The molecule has 0 spiro atoms. The van der Waals surface area contributed by atoms with Gasteiger partial charge in [0.05, 0.1) is 5.69 Å². The largest absolute Gasteiger partial charge is 0.310 e. The van der Waals surface area contributed by atoms with E-state index in [0.717, 1.165) is 17.1 Å². The standard InChI is InChI=1S/C40H30BN/c41-38-28-35(24-25-36(38)30-15-6-2-7-16-30)42(34-21-12-20-33(27-34)29-13-4-1-5-14-29)39-26-23-31-17-10-11-22-37(31)40(39)32-18-8-3-9-19-32/h1-28H,41H2. The van der Waals surface area contributed by atoms with Crippen LogP contribution in [-0.2, 0) is 0 Å². The highest BCUT2D eigenvalue weighted by molar-refractivity contribution is 6.36. The van der Waals surface area contributed by atoms with Gasteiger partial charge >= 0.3 is 0 Å². The molecule has 0 unspecified atom stereocenters. The predicted octanol–water partition coefficient (Wildman–Crippen LogP) is 9.57. The Hall–Kier alpha value is -5.34. The molecular formula is C40H30BN. The lowest BCUT2D eigenvalue weighted by atomic mass is 9.86. The first kappa shape index (κ1) is 25.6. The predicted molar refractivity (Wildman–Crippen MR) is 183 cm³/mol. The molecule has 0 radical (unpaired) electrons. The summed E-state index contributed by atoms with van der Waals surface area (Å²) in [6.45, 7) is 0. The van der Waals surface area contributed by atoms with Crippen molar-refractivity contribution in [1.29, 1.82) is 0 Å². The SMILES string of the molecule is Bc1cc(N(c2cccc(-c3ccccc3)c2)c2ccc3ccccc3c2-c2ccccc2)ccc1-c1ccccc1. The first-order chi connectivity index (χ1) is 20.8. The van der Waals surface area contributed by atoms with Crippen LogP contribution in [0.2, 0.25) is 0 Å². The lowest BCUT2D eigenvalue weighted by Gasteiger charge is -2.30. The van der Waals surface area contributed by atoms with Gasteiger partial charge in [0.15, 0.2) is 0 Å². The van der Waals surface area contributed by atoms with Crippen LogP contribution < -0.4 is 10.4 Å². The first-order valence-electron chi connectivity index (χ1n) is 14.5. The smallest absolute Gasteiger partial charge is 0.140 e. The molecule has 0 fully saturated rings. The van der Waals surface area contributed by atoms with Crippen LogP contribution >= 0.6 is 0 Å². The Balaban J connectivity index is 1.48. The molecule has 7 aromatic carbocycles. The number of hydrogen-bond acceptors (Lipinski definition) is 1. The second kappa shape index (κ2) is 11.3. The number of rotatable bonds is 6. The summed E-state index contributed by atoms with van der Waals surface area (Å²) in [7, 11) is 2.21. The van der Waals surface area contributed by atoms with Gasteiger partial charge in [-0.15, -0.1) is 0 Å². The van der Waals surface area contributed by atoms with Gasteiger partial charge < -0.3 is 4.90 Å². The second-order valence-electron chi connectivity index (χ2n) is 10.7.